The molecule has 0 radical (unpaired) electrons. The lowest BCUT2D eigenvalue weighted by atomic mass is 10.3. The Morgan fingerprint density at radius 1 is 1.03 bits per heavy atom. The molecule has 2 aliphatic heterocycles. The van der Waals surface area contributed by atoms with Crippen LogP contribution in [0.4, 0.5) is 10.5 Å². The van der Waals surface area contributed by atoms with Gasteiger partial charge < -0.3 is 24.6 Å². The van der Waals surface area contributed by atoms with Gasteiger partial charge >= 0.3 is 6.03 Å². The molecule has 0 bridgehead atoms. The van der Waals surface area contributed by atoms with E-state index in [1.807, 2.05) is 0 Å². The lowest BCUT2D eigenvalue weighted by molar-refractivity contribution is -0.146. The smallest absolute Gasteiger partial charge is 0.322 e. The number of rotatable bonds is 7. The van der Waals surface area contributed by atoms with Crippen LogP contribution >= 0.6 is 0 Å². The van der Waals surface area contributed by atoms with Crippen LogP contribution in [0.2, 0.25) is 0 Å². The first-order valence-electron chi connectivity index (χ1n) is 9.72. The standard InChI is InChI=1S/C19H25N5O6/c1-29-10-11-30-15-3-2-14(12-20-15)21-19(28)23-8-6-22(7-9-23)18(27)13-24-16(25)4-5-17(24)26/h2-3,12H,4-11,13H2,1H3,(H,21,28). The monoisotopic (exact) mass is 419 g/mol. The minimum Gasteiger partial charge on any atom is -0.475 e. The number of nitrogens with zero attached hydrogens (tertiary/aromatic N) is 4. The van der Waals surface area contributed by atoms with Gasteiger partial charge in [-0.2, -0.15) is 0 Å². The highest BCUT2D eigenvalue weighted by Gasteiger charge is 2.33. The minimum absolute atomic E-state index is 0.162. The molecule has 5 amide bonds. The Hall–Kier alpha value is -3.21. The molecule has 0 aromatic carbocycles. The maximum absolute atomic E-state index is 12.4. The third-order valence-electron chi connectivity index (χ3n) is 4.89. The SMILES string of the molecule is COCCOc1ccc(NC(=O)N2CCN(C(=O)CN3C(=O)CCC3=O)CC2)cn1. The van der Waals surface area contributed by atoms with Crippen molar-refractivity contribution >= 4 is 29.4 Å². The highest BCUT2D eigenvalue weighted by atomic mass is 16.5. The summed E-state index contributed by atoms with van der Waals surface area (Å²) in [5.41, 5.74) is 0.531. The molecule has 0 saturated carbocycles. The number of pyridine rings is 1. The molecule has 11 nitrogen and oxygen atoms in total. The molecule has 30 heavy (non-hydrogen) atoms. The van der Waals surface area contributed by atoms with Crippen molar-refractivity contribution in [2.75, 3.05) is 58.4 Å². The van der Waals surface area contributed by atoms with Crippen LogP contribution in [-0.2, 0) is 19.1 Å². The van der Waals surface area contributed by atoms with Gasteiger partial charge in [0.2, 0.25) is 23.6 Å². The minimum atomic E-state index is -0.310. The molecule has 3 rings (SSSR count). The van der Waals surface area contributed by atoms with Crippen LogP contribution in [-0.4, -0.2) is 96.5 Å². The Balaban J connectivity index is 1.43. The van der Waals surface area contributed by atoms with Crippen molar-refractivity contribution in [1.29, 1.82) is 0 Å². The van der Waals surface area contributed by atoms with Gasteiger partial charge in [0.1, 0.15) is 13.2 Å². The van der Waals surface area contributed by atoms with Crippen LogP contribution in [0.3, 0.4) is 0 Å². The van der Waals surface area contributed by atoms with Crippen molar-refractivity contribution in [3.8, 4) is 5.88 Å². The fraction of sp³-hybridized carbons (Fsp3) is 0.526. The first-order valence-corrected chi connectivity index (χ1v) is 9.72. The fourth-order valence-corrected chi connectivity index (χ4v) is 3.17. The largest absolute Gasteiger partial charge is 0.475 e. The zero-order valence-electron chi connectivity index (χ0n) is 16.8. The number of piperazine rings is 1. The average molecular weight is 419 g/mol. The van der Waals surface area contributed by atoms with Crippen LogP contribution in [0.5, 0.6) is 5.88 Å². The van der Waals surface area contributed by atoms with E-state index in [1.54, 1.807) is 29.0 Å². The summed E-state index contributed by atoms with van der Waals surface area (Å²) in [7, 11) is 1.58. The van der Waals surface area contributed by atoms with Crippen molar-refractivity contribution < 1.29 is 28.7 Å². The number of ether oxygens (including phenoxy) is 2. The second kappa shape index (κ2) is 10.0. The van der Waals surface area contributed by atoms with Crippen LogP contribution in [0, 0.1) is 0 Å². The zero-order valence-corrected chi connectivity index (χ0v) is 16.8. The van der Waals surface area contributed by atoms with Gasteiger partial charge in [0.25, 0.3) is 0 Å². The number of likely N-dealkylation sites (tertiary alicyclic amines) is 1. The number of carbonyl (C=O) groups is 4. The zero-order chi connectivity index (χ0) is 21.5. The number of imide groups is 1. The molecule has 3 heterocycles. The Bertz CT molecular complexity index is 775. The van der Waals surface area contributed by atoms with E-state index in [0.717, 1.165) is 4.90 Å². The molecule has 1 aromatic heterocycles. The maximum Gasteiger partial charge on any atom is 0.322 e. The summed E-state index contributed by atoms with van der Waals surface area (Å²) < 4.78 is 10.3. The van der Waals surface area contributed by atoms with Gasteiger partial charge in [0, 0.05) is 52.2 Å². The van der Waals surface area contributed by atoms with E-state index >= 15 is 0 Å². The predicted molar refractivity (Wildman–Crippen MR) is 105 cm³/mol. The molecule has 11 heteroatoms. The summed E-state index contributed by atoms with van der Waals surface area (Å²) in [5, 5.41) is 2.76. The van der Waals surface area contributed by atoms with Gasteiger partial charge in [-0.05, 0) is 6.07 Å². The number of carbonyl (C=O) groups excluding carboxylic acids is 4. The number of aromatic nitrogens is 1. The van der Waals surface area contributed by atoms with Crippen molar-refractivity contribution in [3.05, 3.63) is 18.3 Å². The summed E-state index contributed by atoms with van der Waals surface area (Å²) in [5.74, 6) is -0.468. The number of amides is 5. The molecule has 0 unspecified atom stereocenters. The van der Waals surface area contributed by atoms with E-state index in [-0.39, 0.29) is 43.1 Å². The van der Waals surface area contributed by atoms with Gasteiger partial charge in [-0.1, -0.05) is 0 Å². The third-order valence-corrected chi connectivity index (χ3v) is 4.89. The number of methoxy groups -OCH3 is 1. The van der Waals surface area contributed by atoms with E-state index < -0.39 is 0 Å². The molecule has 1 N–H and O–H groups in total. The summed E-state index contributed by atoms with van der Waals surface area (Å²) in [4.78, 5) is 56.4. The average Bonchev–Trinajstić information content (AvgIpc) is 3.07. The van der Waals surface area contributed by atoms with Gasteiger partial charge in [0.15, 0.2) is 0 Å². The van der Waals surface area contributed by atoms with Gasteiger partial charge in [-0.25, -0.2) is 9.78 Å². The first-order chi connectivity index (χ1) is 14.5. The number of hydrogen-bond acceptors (Lipinski definition) is 7. The van der Waals surface area contributed by atoms with Crippen LogP contribution in [0.1, 0.15) is 12.8 Å². The molecule has 162 valence electrons. The Labute approximate surface area is 173 Å². The van der Waals surface area contributed by atoms with Gasteiger partial charge in [-0.3, -0.25) is 19.3 Å². The Morgan fingerprint density at radius 3 is 2.30 bits per heavy atom. The Morgan fingerprint density at radius 2 is 1.70 bits per heavy atom. The van der Waals surface area contributed by atoms with Crippen molar-refractivity contribution in [3.63, 3.8) is 0 Å². The topological polar surface area (TPSA) is 121 Å². The van der Waals surface area contributed by atoms with Crippen molar-refractivity contribution in [2.24, 2.45) is 0 Å². The molecule has 0 atom stereocenters. The summed E-state index contributed by atoms with van der Waals surface area (Å²) in [6.07, 6.45) is 1.83. The quantitative estimate of drug-likeness (QED) is 0.485. The predicted octanol–water partition coefficient (Wildman–Crippen LogP) is -0.0681. The number of urea groups is 1. The second-order valence-corrected chi connectivity index (χ2v) is 6.90. The normalized spacial score (nSPS) is 16.8. The van der Waals surface area contributed by atoms with Crippen molar-refractivity contribution in [1.82, 2.24) is 19.7 Å². The second-order valence-electron chi connectivity index (χ2n) is 6.90. The van der Waals surface area contributed by atoms with E-state index in [1.165, 1.54) is 6.20 Å². The van der Waals surface area contributed by atoms with Gasteiger partial charge in [0.05, 0.1) is 18.5 Å². The molecule has 1 aromatic rings. The lowest BCUT2D eigenvalue weighted by Gasteiger charge is -2.35. The molecular formula is C19H25N5O6. The van der Waals surface area contributed by atoms with Crippen LogP contribution in [0.15, 0.2) is 18.3 Å². The summed E-state index contributed by atoms with van der Waals surface area (Å²) in [6, 6.07) is 3.06. The highest BCUT2D eigenvalue weighted by molar-refractivity contribution is 6.04. The Kier molecular flexibility index (Phi) is 7.17. The van der Waals surface area contributed by atoms with E-state index in [4.69, 9.17) is 9.47 Å². The fourth-order valence-electron chi connectivity index (χ4n) is 3.17. The number of anilines is 1. The number of hydrogen-bond donors (Lipinski definition) is 1. The van der Waals surface area contributed by atoms with E-state index in [9.17, 15) is 19.2 Å². The van der Waals surface area contributed by atoms with Crippen molar-refractivity contribution in [2.45, 2.75) is 12.8 Å². The third kappa shape index (κ3) is 5.44. The first kappa shape index (κ1) is 21.5. The molecule has 2 saturated heterocycles. The van der Waals surface area contributed by atoms with Gasteiger partial charge in [-0.15, -0.1) is 0 Å². The summed E-state index contributed by atoms with van der Waals surface area (Å²) >= 11 is 0. The molecule has 0 aliphatic carbocycles. The molecule has 0 spiro atoms. The molecule has 2 aliphatic rings. The van der Waals surface area contributed by atoms with Crippen LogP contribution in [0.25, 0.3) is 0 Å². The lowest BCUT2D eigenvalue weighted by Crippen LogP contribution is -2.53. The number of nitrogens with one attached hydrogen (secondary N) is 1. The summed E-state index contributed by atoms with van der Waals surface area (Å²) in [6.45, 7) is 2.00. The van der Waals surface area contributed by atoms with E-state index in [2.05, 4.69) is 10.3 Å². The molecular weight excluding hydrogens is 394 g/mol. The van der Waals surface area contributed by atoms with Crippen LogP contribution < -0.4 is 10.1 Å². The van der Waals surface area contributed by atoms with E-state index in [0.29, 0.717) is 51.0 Å². The molecule has 2 fully saturated rings. The highest BCUT2D eigenvalue weighted by Crippen LogP contribution is 2.14. The maximum atomic E-state index is 12.4.